The number of halogens is 1. The number of methoxy groups -OCH3 is 1. The lowest BCUT2D eigenvalue weighted by Gasteiger charge is -2.36. The van der Waals surface area contributed by atoms with Gasteiger partial charge in [-0.15, -0.1) is 0 Å². The normalized spacial score (nSPS) is 31.2. The summed E-state index contributed by atoms with van der Waals surface area (Å²) in [6.45, 7) is 0.584. The van der Waals surface area contributed by atoms with Crippen LogP contribution in [0.5, 0.6) is 5.75 Å². The number of nitrogens with zero attached hydrogens (tertiary/aromatic N) is 2. The molecule has 3 fully saturated rings. The van der Waals surface area contributed by atoms with Crippen molar-refractivity contribution in [2.45, 2.75) is 24.4 Å². The molecular weight excluding hydrogens is 401 g/mol. The van der Waals surface area contributed by atoms with Crippen molar-refractivity contribution in [3.05, 3.63) is 53.8 Å². The highest BCUT2D eigenvalue weighted by Crippen LogP contribution is 2.60. The first kappa shape index (κ1) is 18.5. The smallest absolute Gasteiger partial charge is 0.250 e. The Morgan fingerprint density at radius 2 is 1.97 bits per heavy atom. The predicted octanol–water partition coefficient (Wildman–Crippen LogP) is 2.27. The summed E-state index contributed by atoms with van der Waals surface area (Å²) in [4.78, 5) is 44.0. The highest BCUT2D eigenvalue weighted by Gasteiger charge is 2.74. The Morgan fingerprint density at radius 3 is 2.77 bits per heavy atom. The van der Waals surface area contributed by atoms with E-state index in [0.717, 1.165) is 6.42 Å². The largest absolute Gasteiger partial charge is 0.497 e. The molecule has 0 aliphatic carbocycles. The van der Waals surface area contributed by atoms with Crippen molar-refractivity contribution >= 4 is 29.1 Å². The van der Waals surface area contributed by atoms with Gasteiger partial charge in [-0.1, -0.05) is 6.07 Å². The maximum absolute atomic E-state index is 14.3. The molecule has 3 saturated heterocycles. The van der Waals surface area contributed by atoms with Gasteiger partial charge in [-0.3, -0.25) is 19.3 Å². The van der Waals surface area contributed by atoms with Crippen LogP contribution in [0.15, 0.2) is 42.5 Å². The molecule has 1 spiro atoms. The van der Waals surface area contributed by atoms with Crippen molar-refractivity contribution in [2.24, 2.45) is 11.8 Å². The summed E-state index contributed by atoms with van der Waals surface area (Å²) in [5, 5.41) is 2.84. The van der Waals surface area contributed by atoms with Crippen LogP contribution in [0.25, 0.3) is 0 Å². The number of hydrogen-bond acceptors (Lipinski definition) is 5. The molecule has 0 bridgehead atoms. The van der Waals surface area contributed by atoms with E-state index < -0.39 is 29.1 Å². The Balaban J connectivity index is 1.55. The van der Waals surface area contributed by atoms with E-state index in [1.807, 2.05) is 4.90 Å². The number of carbonyl (C=O) groups is 3. The summed E-state index contributed by atoms with van der Waals surface area (Å²) < 4.78 is 19.5. The van der Waals surface area contributed by atoms with E-state index in [1.165, 1.54) is 30.2 Å². The molecule has 6 rings (SSSR count). The van der Waals surface area contributed by atoms with Crippen molar-refractivity contribution in [1.82, 2.24) is 4.90 Å². The summed E-state index contributed by atoms with van der Waals surface area (Å²) in [7, 11) is 1.52. The van der Waals surface area contributed by atoms with Crippen molar-refractivity contribution in [3.8, 4) is 5.75 Å². The zero-order valence-electron chi connectivity index (χ0n) is 16.8. The number of amides is 3. The van der Waals surface area contributed by atoms with Gasteiger partial charge in [0.05, 0.1) is 24.6 Å². The summed E-state index contributed by atoms with van der Waals surface area (Å²) in [6.07, 6.45) is 1.53. The number of nitrogens with one attached hydrogen (secondary N) is 1. The monoisotopic (exact) mass is 421 g/mol. The van der Waals surface area contributed by atoms with Crippen LogP contribution < -0.4 is 15.0 Å². The summed E-state index contributed by atoms with van der Waals surface area (Å²) in [5.41, 5.74) is -0.00600. The van der Waals surface area contributed by atoms with Gasteiger partial charge in [-0.2, -0.15) is 0 Å². The Kier molecular flexibility index (Phi) is 3.66. The molecule has 0 saturated carbocycles. The van der Waals surface area contributed by atoms with Crippen molar-refractivity contribution in [2.75, 3.05) is 23.9 Å². The molecule has 0 radical (unpaired) electrons. The van der Waals surface area contributed by atoms with Crippen LogP contribution in [0.1, 0.15) is 18.4 Å². The summed E-state index contributed by atoms with van der Waals surface area (Å²) >= 11 is 0. The van der Waals surface area contributed by atoms with Crippen LogP contribution >= 0.6 is 0 Å². The average molecular weight is 421 g/mol. The van der Waals surface area contributed by atoms with E-state index in [0.29, 0.717) is 35.7 Å². The fraction of sp³-hybridized carbons (Fsp3) is 0.348. The van der Waals surface area contributed by atoms with Gasteiger partial charge in [0.15, 0.2) is 0 Å². The molecule has 2 aromatic rings. The van der Waals surface area contributed by atoms with Crippen LogP contribution in [0.3, 0.4) is 0 Å². The minimum Gasteiger partial charge on any atom is -0.497 e. The zero-order chi connectivity index (χ0) is 21.5. The summed E-state index contributed by atoms with van der Waals surface area (Å²) in [6, 6.07) is 10.7. The molecule has 4 aliphatic rings. The van der Waals surface area contributed by atoms with Gasteiger partial charge in [0.2, 0.25) is 17.7 Å². The predicted molar refractivity (Wildman–Crippen MR) is 109 cm³/mol. The van der Waals surface area contributed by atoms with Gasteiger partial charge in [-0.05, 0) is 49.7 Å². The lowest BCUT2D eigenvalue weighted by Crippen LogP contribution is -2.54. The van der Waals surface area contributed by atoms with Crippen LogP contribution in [0.4, 0.5) is 15.8 Å². The summed E-state index contributed by atoms with van der Waals surface area (Å²) in [5.74, 6) is -2.60. The number of rotatable bonds is 2. The van der Waals surface area contributed by atoms with Crippen LogP contribution in [0, 0.1) is 17.7 Å². The number of benzene rings is 2. The fourth-order valence-corrected chi connectivity index (χ4v) is 6.18. The number of hydrogen-bond donors (Lipinski definition) is 1. The number of carbonyl (C=O) groups excluding carboxylic acids is 3. The molecular formula is C23H20FN3O4. The number of imide groups is 1. The molecule has 4 aliphatic heterocycles. The van der Waals surface area contributed by atoms with Gasteiger partial charge in [0.1, 0.15) is 17.1 Å². The van der Waals surface area contributed by atoms with E-state index in [9.17, 15) is 18.8 Å². The maximum Gasteiger partial charge on any atom is 0.250 e. The zero-order valence-corrected chi connectivity index (χ0v) is 16.8. The van der Waals surface area contributed by atoms with E-state index >= 15 is 0 Å². The molecule has 3 amide bonds. The first-order chi connectivity index (χ1) is 15.0. The van der Waals surface area contributed by atoms with Crippen LogP contribution in [0.2, 0.25) is 0 Å². The number of ether oxygens (including phenoxy) is 1. The lowest BCUT2D eigenvalue weighted by atomic mass is 9.75. The Labute approximate surface area is 177 Å². The quantitative estimate of drug-likeness (QED) is 0.753. The highest BCUT2D eigenvalue weighted by atomic mass is 19.1. The maximum atomic E-state index is 14.3. The third-order valence-electron chi connectivity index (χ3n) is 7.27. The first-order valence-electron chi connectivity index (χ1n) is 10.4. The van der Waals surface area contributed by atoms with Crippen LogP contribution in [-0.4, -0.2) is 42.3 Å². The second kappa shape index (κ2) is 6.13. The highest BCUT2D eigenvalue weighted by molar-refractivity contribution is 6.25. The van der Waals surface area contributed by atoms with Crippen molar-refractivity contribution < 1.29 is 23.5 Å². The van der Waals surface area contributed by atoms with Crippen LogP contribution in [-0.2, 0) is 19.9 Å². The third-order valence-corrected chi connectivity index (χ3v) is 7.27. The number of fused-ring (bicyclic) bond motifs is 7. The fourth-order valence-electron chi connectivity index (χ4n) is 6.18. The molecule has 0 unspecified atom stereocenters. The molecule has 158 valence electrons. The molecule has 4 atom stereocenters. The Bertz CT molecular complexity index is 1170. The van der Waals surface area contributed by atoms with Gasteiger partial charge in [0.25, 0.3) is 0 Å². The van der Waals surface area contributed by atoms with Gasteiger partial charge >= 0.3 is 0 Å². The Morgan fingerprint density at radius 1 is 1.13 bits per heavy atom. The first-order valence-corrected chi connectivity index (χ1v) is 10.4. The average Bonchev–Trinajstić information content (AvgIpc) is 3.46. The van der Waals surface area contributed by atoms with Crippen molar-refractivity contribution in [3.63, 3.8) is 0 Å². The standard InChI is InChI=1S/C23H20FN3O4/c1-31-14-5-2-4-13(11-14)27-20(28)18-17-6-3-9-26(17)23(19(18)21(27)29)15-10-12(24)7-8-16(15)25-22(23)30/h2,4-5,7-8,10-11,17-19H,3,6,9H2,1H3,(H,25,30)/t17-,18+,19+,23-/m1/s1. The molecule has 0 aromatic heterocycles. The van der Waals surface area contributed by atoms with Gasteiger partial charge < -0.3 is 10.1 Å². The molecule has 4 heterocycles. The lowest BCUT2D eigenvalue weighted by molar-refractivity contribution is -0.135. The SMILES string of the molecule is COc1cccc(N2C(=O)[C@H]3[C@H]4CCCN4[C@@]4(C(=O)Nc5ccc(F)cc54)[C@@H]3C2=O)c1. The molecule has 7 nitrogen and oxygen atoms in total. The Hall–Kier alpha value is -3.26. The molecule has 2 aromatic carbocycles. The second-order valence-electron chi connectivity index (χ2n) is 8.53. The molecule has 8 heteroatoms. The molecule has 1 N–H and O–H groups in total. The third kappa shape index (κ3) is 2.13. The van der Waals surface area contributed by atoms with E-state index in [-0.39, 0.29) is 17.9 Å². The van der Waals surface area contributed by atoms with E-state index in [4.69, 9.17) is 4.74 Å². The van der Waals surface area contributed by atoms with E-state index in [1.54, 1.807) is 24.3 Å². The molecule has 31 heavy (non-hydrogen) atoms. The van der Waals surface area contributed by atoms with Gasteiger partial charge in [0, 0.05) is 23.4 Å². The minimum absolute atomic E-state index is 0.239. The van der Waals surface area contributed by atoms with Gasteiger partial charge in [-0.25, -0.2) is 9.29 Å². The number of anilines is 2. The minimum atomic E-state index is -1.37. The topological polar surface area (TPSA) is 79.0 Å². The van der Waals surface area contributed by atoms with Crippen molar-refractivity contribution in [1.29, 1.82) is 0 Å². The second-order valence-corrected chi connectivity index (χ2v) is 8.53. The van der Waals surface area contributed by atoms with E-state index in [2.05, 4.69) is 5.32 Å².